The monoisotopic (exact) mass is 406 g/mol. The predicted octanol–water partition coefficient (Wildman–Crippen LogP) is 2.88. The highest BCUT2D eigenvalue weighted by atomic mass is 16.1. The summed E-state index contributed by atoms with van der Waals surface area (Å²) in [6.07, 6.45) is 15.8. The molecule has 0 radical (unpaired) electrons. The standard InChI is InChI=1S/C21H38N6O2/c1-19(29)11-7-9-15-27-18-21(24-25-27)13-6-3-2-5-12-20(22)17-26(23)14-8-4-10-16-28/h16-18H,2-15,22-23H2,1H3/b20-17-. The number of rotatable bonds is 18. The minimum atomic E-state index is 0.243. The van der Waals surface area contributed by atoms with Crippen LogP contribution in [0.4, 0.5) is 0 Å². The lowest BCUT2D eigenvalue weighted by Crippen LogP contribution is -2.27. The van der Waals surface area contributed by atoms with Crippen LogP contribution in [0.1, 0.15) is 83.2 Å². The molecular weight excluding hydrogens is 368 g/mol. The van der Waals surface area contributed by atoms with Gasteiger partial charge < -0.3 is 20.3 Å². The van der Waals surface area contributed by atoms with E-state index in [2.05, 4.69) is 10.3 Å². The average molecular weight is 407 g/mol. The molecule has 0 saturated heterocycles. The maximum atomic E-state index is 10.9. The Morgan fingerprint density at radius 3 is 2.62 bits per heavy atom. The van der Waals surface area contributed by atoms with Gasteiger partial charge in [0.25, 0.3) is 0 Å². The number of nitrogens with zero attached hydrogens (tertiary/aromatic N) is 4. The molecule has 0 saturated carbocycles. The number of Topliss-reactive ketones (excluding diaryl/α,β-unsaturated/α-hetero) is 1. The molecule has 8 heteroatoms. The molecule has 0 fully saturated rings. The zero-order valence-corrected chi connectivity index (χ0v) is 17.9. The van der Waals surface area contributed by atoms with Crippen LogP contribution in [-0.2, 0) is 22.6 Å². The van der Waals surface area contributed by atoms with Gasteiger partial charge in [-0.05, 0) is 58.3 Å². The summed E-state index contributed by atoms with van der Waals surface area (Å²) in [5.41, 5.74) is 7.86. The summed E-state index contributed by atoms with van der Waals surface area (Å²) >= 11 is 0. The zero-order chi connectivity index (χ0) is 21.3. The van der Waals surface area contributed by atoms with E-state index >= 15 is 0 Å². The van der Waals surface area contributed by atoms with E-state index in [0.717, 1.165) is 88.4 Å². The van der Waals surface area contributed by atoms with Crippen molar-refractivity contribution in [3.8, 4) is 0 Å². The number of ketones is 1. The summed E-state index contributed by atoms with van der Waals surface area (Å²) in [4.78, 5) is 21.2. The van der Waals surface area contributed by atoms with Crippen LogP contribution in [0, 0.1) is 0 Å². The van der Waals surface area contributed by atoms with Gasteiger partial charge >= 0.3 is 0 Å². The Balaban J connectivity index is 2.06. The van der Waals surface area contributed by atoms with Crippen molar-refractivity contribution >= 4 is 12.1 Å². The maximum absolute atomic E-state index is 10.9. The van der Waals surface area contributed by atoms with Crippen molar-refractivity contribution in [2.24, 2.45) is 11.6 Å². The van der Waals surface area contributed by atoms with Gasteiger partial charge in [0.15, 0.2) is 0 Å². The van der Waals surface area contributed by atoms with E-state index in [1.165, 1.54) is 0 Å². The number of hydrogen-bond donors (Lipinski definition) is 2. The number of carbonyl (C=O) groups is 2. The van der Waals surface area contributed by atoms with Gasteiger partial charge in [-0.25, -0.2) is 5.84 Å². The van der Waals surface area contributed by atoms with E-state index in [1.54, 1.807) is 18.1 Å². The molecule has 0 aliphatic rings. The van der Waals surface area contributed by atoms with Gasteiger partial charge in [0.1, 0.15) is 12.1 Å². The van der Waals surface area contributed by atoms with Crippen molar-refractivity contribution in [3.05, 3.63) is 23.8 Å². The molecule has 0 spiro atoms. The van der Waals surface area contributed by atoms with Crippen LogP contribution >= 0.6 is 0 Å². The first kappa shape index (κ1) is 24.8. The van der Waals surface area contributed by atoms with Crippen LogP contribution < -0.4 is 11.6 Å². The third-order valence-corrected chi connectivity index (χ3v) is 4.72. The maximum Gasteiger partial charge on any atom is 0.129 e. The fourth-order valence-electron chi connectivity index (χ4n) is 3.06. The quantitative estimate of drug-likeness (QED) is 0.166. The van der Waals surface area contributed by atoms with Gasteiger partial charge in [-0.15, -0.1) is 5.10 Å². The molecule has 1 rings (SSSR count). The zero-order valence-electron chi connectivity index (χ0n) is 17.9. The van der Waals surface area contributed by atoms with Crippen LogP contribution in [0.15, 0.2) is 18.1 Å². The first-order chi connectivity index (χ1) is 14.0. The summed E-state index contributed by atoms with van der Waals surface area (Å²) in [7, 11) is 0. The predicted molar refractivity (Wildman–Crippen MR) is 114 cm³/mol. The molecule has 0 amide bonds. The first-order valence-corrected chi connectivity index (χ1v) is 10.8. The number of hydrazine groups is 1. The molecule has 1 aromatic rings. The van der Waals surface area contributed by atoms with Gasteiger partial charge in [-0.3, -0.25) is 4.68 Å². The lowest BCUT2D eigenvalue weighted by Gasteiger charge is -2.14. The van der Waals surface area contributed by atoms with Gasteiger partial charge in [0.2, 0.25) is 0 Å². The van der Waals surface area contributed by atoms with E-state index < -0.39 is 0 Å². The summed E-state index contributed by atoms with van der Waals surface area (Å²) in [5, 5.41) is 9.99. The SMILES string of the molecule is CC(=O)CCCCn1cc(CCCCCC/C(N)=C/N(N)CCCCC=O)nn1. The number of unbranched alkanes of at least 4 members (excludes halogenated alkanes) is 6. The van der Waals surface area contributed by atoms with E-state index in [-0.39, 0.29) is 5.78 Å². The molecule has 29 heavy (non-hydrogen) atoms. The molecular formula is C21H38N6O2. The van der Waals surface area contributed by atoms with E-state index in [1.807, 2.05) is 10.9 Å². The van der Waals surface area contributed by atoms with Crippen molar-refractivity contribution in [2.75, 3.05) is 6.54 Å². The number of carbonyl (C=O) groups excluding carboxylic acids is 2. The van der Waals surface area contributed by atoms with Crippen LogP contribution in [0.3, 0.4) is 0 Å². The molecule has 0 aliphatic carbocycles. The minimum absolute atomic E-state index is 0.243. The molecule has 0 aliphatic heterocycles. The van der Waals surface area contributed by atoms with Crippen molar-refractivity contribution in [1.82, 2.24) is 20.0 Å². The lowest BCUT2D eigenvalue weighted by molar-refractivity contribution is -0.117. The van der Waals surface area contributed by atoms with Crippen LogP contribution in [0.5, 0.6) is 0 Å². The Morgan fingerprint density at radius 2 is 1.86 bits per heavy atom. The Bertz CT molecular complexity index is 614. The van der Waals surface area contributed by atoms with Gasteiger partial charge in [-0.2, -0.15) is 0 Å². The van der Waals surface area contributed by atoms with E-state index in [9.17, 15) is 9.59 Å². The average Bonchev–Trinajstić information content (AvgIpc) is 3.12. The van der Waals surface area contributed by atoms with Crippen molar-refractivity contribution in [1.29, 1.82) is 0 Å². The summed E-state index contributed by atoms with van der Waals surface area (Å²) < 4.78 is 1.87. The molecule has 0 bridgehead atoms. The largest absolute Gasteiger partial charge is 0.401 e. The lowest BCUT2D eigenvalue weighted by atomic mass is 10.1. The second-order valence-corrected chi connectivity index (χ2v) is 7.65. The Hall–Kier alpha value is -2.22. The molecule has 0 unspecified atom stereocenters. The Kier molecular flexibility index (Phi) is 13.4. The first-order valence-electron chi connectivity index (χ1n) is 10.8. The molecule has 0 aromatic carbocycles. The number of aldehydes is 1. The molecule has 1 heterocycles. The highest BCUT2D eigenvalue weighted by Gasteiger charge is 2.02. The third-order valence-electron chi connectivity index (χ3n) is 4.72. The normalized spacial score (nSPS) is 11.6. The number of aryl methyl sites for hydroxylation is 2. The van der Waals surface area contributed by atoms with Crippen molar-refractivity contribution in [3.63, 3.8) is 0 Å². The number of nitrogens with two attached hydrogens (primary N) is 2. The molecule has 164 valence electrons. The Morgan fingerprint density at radius 1 is 1.10 bits per heavy atom. The third kappa shape index (κ3) is 13.6. The fraction of sp³-hybridized carbons (Fsp3) is 0.714. The van der Waals surface area contributed by atoms with Gasteiger partial charge in [0.05, 0.1) is 5.69 Å². The molecule has 8 nitrogen and oxygen atoms in total. The smallest absolute Gasteiger partial charge is 0.129 e. The topological polar surface area (TPSA) is 120 Å². The number of aromatic nitrogens is 3. The summed E-state index contributed by atoms with van der Waals surface area (Å²) in [6.45, 7) is 3.16. The summed E-state index contributed by atoms with van der Waals surface area (Å²) in [5.74, 6) is 6.13. The van der Waals surface area contributed by atoms with Crippen LogP contribution in [0.2, 0.25) is 0 Å². The summed E-state index contributed by atoms with van der Waals surface area (Å²) in [6, 6.07) is 0. The highest BCUT2D eigenvalue weighted by molar-refractivity contribution is 5.75. The van der Waals surface area contributed by atoms with Crippen molar-refractivity contribution in [2.45, 2.75) is 90.5 Å². The fourth-order valence-corrected chi connectivity index (χ4v) is 3.06. The highest BCUT2D eigenvalue weighted by Crippen LogP contribution is 2.10. The van der Waals surface area contributed by atoms with Gasteiger partial charge in [0, 0.05) is 44.0 Å². The second kappa shape index (κ2) is 15.7. The van der Waals surface area contributed by atoms with Crippen LogP contribution in [-0.4, -0.2) is 38.6 Å². The van der Waals surface area contributed by atoms with Crippen LogP contribution in [0.25, 0.3) is 0 Å². The van der Waals surface area contributed by atoms with Gasteiger partial charge in [-0.1, -0.05) is 18.1 Å². The van der Waals surface area contributed by atoms with E-state index in [4.69, 9.17) is 11.6 Å². The van der Waals surface area contributed by atoms with E-state index in [0.29, 0.717) is 19.4 Å². The van der Waals surface area contributed by atoms with Crippen molar-refractivity contribution < 1.29 is 9.59 Å². The molecule has 0 atom stereocenters. The number of allylic oxidation sites excluding steroid dienone is 1. The molecule has 4 N–H and O–H groups in total. The second-order valence-electron chi connectivity index (χ2n) is 7.65. The number of hydrogen-bond acceptors (Lipinski definition) is 7. The minimum Gasteiger partial charge on any atom is -0.401 e. The Labute approximate surface area is 174 Å². The molecule has 1 aromatic heterocycles.